The highest BCUT2D eigenvalue weighted by atomic mass is 16.2. The van der Waals surface area contributed by atoms with Crippen LogP contribution in [0.15, 0.2) is 0 Å². The van der Waals surface area contributed by atoms with Crippen molar-refractivity contribution < 1.29 is 4.79 Å². The summed E-state index contributed by atoms with van der Waals surface area (Å²) in [7, 11) is 2.18. The summed E-state index contributed by atoms with van der Waals surface area (Å²) in [5.74, 6) is 3.08. The second kappa shape index (κ2) is 6.93. The van der Waals surface area contributed by atoms with E-state index in [4.69, 9.17) is 6.42 Å². The third-order valence-corrected chi connectivity index (χ3v) is 4.20. The molecule has 1 atom stereocenters. The van der Waals surface area contributed by atoms with E-state index in [-0.39, 0.29) is 11.8 Å². The zero-order valence-corrected chi connectivity index (χ0v) is 12.0. The lowest BCUT2D eigenvalue weighted by Gasteiger charge is -2.32. The van der Waals surface area contributed by atoms with Crippen LogP contribution in [0.2, 0.25) is 0 Å². The Morgan fingerprint density at radius 1 is 1.21 bits per heavy atom. The number of piperazine rings is 1. The van der Waals surface area contributed by atoms with E-state index in [9.17, 15) is 4.79 Å². The minimum Gasteiger partial charge on any atom is -0.341 e. The van der Waals surface area contributed by atoms with Crippen molar-refractivity contribution in [3.05, 3.63) is 0 Å². The van der Waals surface area contributed by atoms with E-state index in [1.165, 1.54) is 32.6 Å². The summed E-state index contributed by atoms with van der Waals surface area (Å²) in [6.07, 6.45) is 8.20. The van der Waals surface area contributed by atoms with Gasteiger partial charge in [0.1, 0.15) is 0 Å². The molecule has 0 spiro atoms. The molecule has 0 aliphatic carbocycles. The molecular weight excluding hydrogens is 238 g/mol. The Kier molecular flexibility index (Phi) is 5.24. The van der Waals surface area contributed by atoms with E-state index in [2.05, 4.69) is 22.8 Å². The molecular formula is C15H25N3O. The van der Waals surface area contributed by atoms with Crippen LogP contribution in [-0.2, 0) is 4.79 Å². The van der Waals surface area contributed by atoms with E-state index in [0.717, 1.165) is 26.1 Å². The molecule has 2 rings (SSSR count). The molecule has 4 nitrogen and oxygen atoms in total. The van der Waals surface area contributed by atoms with Crippen molar-refractivity contribution in [3.8, 4) is 12.3 Å². The van der Waals surface area contributed by atoms with Crippen LogP contribution in [0.1, 0.15) is 19.3 Å². The number of hydrogen-bond donors (Lipinski definition) is 0. The highest BCUT2D eigenvalue weighted by molar-refractivity contribution is 5.79. The molecule has 0 aromatic heterocycles. The van der Waals surface area contributed by atoms with Gasteiger partial charge in [-0.2, -0.15) is 0 Å². The first kappa shape index (κ1) is 14.4. The Balaban J connectivity index is 1.57. The quantitative estimate of drug-likeness (QED) is 0.534. The van der Waals surface area contributed by atoms with Crippen LogP contribution in [0.3, 0.4) is 0 Å². The zero-order chi connectivity index (χ0) is 13.7. The number of terminal acetylenes is 1. The number of carbonyl (C=O) groups excluding carboxylic acids is 1. The highest BCUT2D eigenvalue weighted by Gasteiger charge is 2.27. The van der Waals surface area contributed by atoms with Crippen LogP contribution in [0.5, 0.6) is 0 Å². The Morgan fingerprint density at radius 3 is 2.53 bits per heavy atom. The van der Waals surface area contributed by atoms with Gasteiger partial charge in [0, 0.05) is 51.6 Å². The molecule has 2 saturated heterocycles. The summed E-state index contributed by atoms with van der Waals surface area (Å²) in [6, 6.07) is 0. The highest BCUT2D eigenvalue weighted by Crippen LogP contribution is 2.17. The smallest absolute Gasteiger partial charge is 0.223 e. The Bertz CT molecular complexity index is 342. The fourth-order valence-corrected chi connectivity index (χ4v) is 2.81. The van der Waals surface area contributed by atoms with Crippen molar-refractivity contribution in [2.45, 2.75) is 19.3 Å². The lowest BCUT2D eigenvalue weighted by Crippen LogP contribution is -2.44. The van der Waals surface area contributed by atoms with Gasteiger partial charge in [0.2, 0.25) is 5.91 Å². The van der Waals surface area contributed by atoms with Gasteiger partial charge in [-0.1, -0.05) is 0 Å². The average Bonchev–Trinajstić information content (AvgIpc) is 2.77. The predicted molar refractivity (Wildman–Crippen MR) is 76.7 cm³/mol. The van der Waals surface area contributed by atoms with Gasteiger partial charge in [0.25, 0.3) is 0 Å². The first-order valence-electron chi connectivity index (χ1n) is 7.34. The Labute approximate surface area is 116 Å². The molecule has 2 aliphatic rings. The average molecular weight is 263 g/mol. The number of amides is 1. The third kappa shape index (κ3) is 4.22. The summed E-state index contributed by atoms with van der Waals surface area (Å²) in [6.45, 7) is 7.52. The molecule has 0 aromatic rings. The molecule has 1 unspecified atom stereocenters. The van der Waals surface area contributed by atoms with Gasteiger partial charge in [-0.15, -0.1) is 12.3 Å². The van der Waals surface area contributed by atoms with Crippen molar-refractivity contribution in [1.82, 2.24) is 14.7 Å². The van der Waals surface area contributed by atoms with E-state index in [1.54, 1.807) is 0 Å². The summed E-state index contributed by atoms with van der Waals surface area (Å²) in [5.41, 5.74) is 0. The van der Waals surface area contributed by atoms with E-state index in [0.29, 0.717) is 6.42 Å². The minimum absolute atomic E-state index is 0.144. The van der Waals surface area contributed by atoms with Crippen molar-refractivity contribution in [2.75, 3.05) is 52.9 Å². The number of likely N-dealkylation sites (tertiary alicyclic amines) is 1. The van der Waals surface area contributed by atoms with Crippen molar-refractivity contribution >= 4 is 5.91 Å². The minimum atomic E-state index is 0.144. The van der Waals surface area contributed by atoms with Crippen LogP contribution in [0.25, 0.3) is 0 Å². The fourth-order valence-electron chi connectivity index (χ4n) is 2.81. The molecule has 2 heterocycles. The molecule has 0 saturated carbocycles. The molecule has 0 radical (unpaired) electrons. The summed E-state index contributed by atoms with van der Waals surface area (Å²) in [4.78, 5) is 18.5. The first-order valence-corrected chi connectivity index (χ1v) is 7.34. The summed E-state index contributed by atoms with van der Waals surface area (Å²) >= 11 is 0. The van der Waals surface area contributed by atoms with Gasteiger partial charge in [-0.25, -0.2) is 0 Å². The van der Waals surface area contributed by atoms with Crippen molar-refractivity contribution in [2.24, 2.45) is 5.92 Å². The van der Waals surface area contributed by atoms with Crippen LogP contribution in [-0.4, -0.2) is 73.5 Å². The van der Waals surface area contributed by atoms with Gasteiger partial charge < -0.3 is 14.7 Å². The normalized spacial score (nSPS) is 25.8. The maximum Gasteiger partial charge on any atom is 0.223 e. The number of rotatable bonds is 5. The first-order chi connectivity index (χ1) is 9.19. The van der Waals surface area contributed by atoms with E-state index >= 15 is 0 Å². The Morgan fingerprint density at radius 2 is 1.89 bits per heavy atom. The lowest BCUT2D eigenvalue weighted by molar-refractivity contribution is -0.127. The van der Waals surface area contributed by atoms with Crippen LogP contribution in [0.4, 0.5) is 0 Å². The maximum atomic E-state index is 11.7. The van der Waals surface area contributed by atoms with Crippen LogP contribution >= 0.6 is 0 Å². The predicted octanol–water partition coefficient (Wildman–Crippen LogP) is 0.496. The number of hydrogen-bond acceptors (Lipinski definition) is 3. The number of unbranched alkanes of at least 4 members (excludes halogenated alkanes) is 1. The molecule has 2 fully saturated rings. The zero-order valence-electron chi connectivity index (χ0n) is 12.0. The molecule has 0 aromatic carbocycles. The third-order valence-electron chi connectivity index (χ3n) is 4.20. The standard InChI is InChI=1S/C15H25N3O/c1-3-14-12-15(19)18(13-14)7-5-4-6-17-10-8-16(2)9-11-17/h1,14H,4-13H2,2H3. The maximum absolute atomic E-state index is 11.7. The van der Waals surface area contributed by atoms with Crippen LogP contribution < -0.4 is 0 Å². The molecule has 1 amide bonds. The molecule has 4 heteroatoms. The van der Waals surface area contributed by atoms with Gasteiger partial charge in [-0.05, 0) is 26.4 Å². The largest absolute Gasteiger partial charge is 0.341 e. The number of carbonyl (C=O) groups is 1. The molecule has 0 N–H and O–H groups in total. The molecule has 19 heavy (non-hydrogen) atoms. The Hall–Kier alpha value is -1.05. The summed E-state index contributed by atoms with van der Waals surface area (Å²) in [5, 5.41) is 0. The van der Waals surface area contributed by atoms with E-state index in [1.807, 2.05) is 4.90 Å². The second-order valence-electron chi connectivity index (χ2n) is 5.76. The topological polar surface area (TPSA) is 26.8 Å². The second-order valence-corrected chi connectivity index (χ2v) is 5.76. The lowest BCUT2D eigenvalue weighted by atomic mass is 10.1. The SMILES string of the molecule is C#CC1CC(=O)N(CCCCN2CCN(C)CC2)C1. The van der Waals surface area contributed by atoms with Gasteiger partial charge >= 0.3 is 0 Å². The fraction of sp³-hybridized carbons (Fsp3) is 0.800. The van der Waals surface area contributed by atoms with Gasteiger partial charge in [0.15, 0.2) is 0 Å². The van der Waals surface area contributed by atoms with E-state index < -0.39 is 0 Å². The van der Waals surface area contributed by atoms with Crippen molar-refractivity contribution in [3.63, 3.8) is 0 Å². The molecule has 2 aliphatic heterocycles. The molecule has 0 bridgehead atoms. The molecule has 106 valence electrons. The van der Waals surface area contributed by atoms with Gasteiger partial charge in [0.05, 0.1) is 0 Å². The number of likely N-dealkylation sites (N-methyl/N-ethyl adjacent to an activating group) is 1. The van der Waals surface area contributed by atoms with Gasteiger partial charge in [-0.3, -0.25) is 4.79 Å². The number of nitrogens with zero attached hydrogens (tertiary/aromatic N) is 3. The monoisotopic (exact) mass is 263 g/mol. The van der Waals surface area contributed by atoms with Crippen molar-refractivity contribution in [1.29, 1.82) is 0 Å². The summed E-state index contributed by atoms with van der Waals surface area (Å²) < 4.78 is 0. The van der Waals surface area contributed by atoms with Crippen LogP contribution in [0, 0.1) is 18.3 Å².